The fourth-order valence-corrected chi connectivity index (χ4v) is 3.86. The summed E-state index contributed by atoms with van der Waals surface area (Å²) >= 11 is 6.02. The molecule has 0 amide bonds. The maximum atomic E-state index is 12.6. The lowest BCUT2D eigenvalue weighted by atomic mass is 10.1. The van der Waals surface area contributed by atoms with Crippen molar-refractivity contribution in [3.8, 4) is 5.75 Å². The molecule has 0 bridgehead atoms. The van der Waals surface area contributed by atoms with Gasteiger partial charge >= 0.3 is 5.97 Å². The average molecular weight is 417 g/mol. The number of aryl methyl sites for hydroxylation is 1. The summed E-state index contributed by atoms with van der Waals surface area (Å²) < 4.78 is 30.6. The van der Waals surface area contributed by atoms with Gasteiger partial charge in [-0.2, -0.15) is 0 Å². The first-order chi connectivity index (χ1) is 13.3. The van der Waals surface area contributed by atoms with Gasteiger partial charge in [-0.1, -0.05) is 54.1 Å². The molecule has 0 atom stereocenters. The molecule has 1 heterocycles. The maximum Gasteiger partial charge on any atom is 0.364 e. The van der Waals surface area contributed by atoms with Crippen LogP contribution >= 0.6 is 11.6 Å². The highest BCUT2D eigenvalue weighted by Gasteiger charge is 2.24. The van der Waals surface area contributed by atoms with Crippen molar-refractivity contribution in [1.82, 2.24) is 9.97 Å². The minimum atomic E-state index is -3.86. The molecule has 0 radical (unpaired) electrons. The summed E-state index contributed by atoms with van der Waals surface area (Å²) in [6.07, 6.45) is 1.09. The van der Waals surface area contributed by atoms with Crippen LogP contribution in [0.1, 0.15) is 27.2 Å². The highest BCUT2D eigenvalue weighted by molar-refractivity contribution is 7.90. The van der Waals surface area contributed by atoms with E-state index in [-0.39, 0.29) is 16.5 Å². The van der Waals surface area contributed by atoms with Gasteiger partial charge in [0.05, 0.1) is 17.0 Å². The first kappa shape index (κ1) is 20.0. The van der Waals surface area contributed by atoms with Crippen molar-refractivity contribution in [1.29, 1.82) is 0 Å². The molecule has 28 heavy (non-hydrogen) atoms. The monoisotopic (exact) mass is 416 g/mol. The van der Waals surface area contributed by atoms with Gasteiger partial charge in [-0.25, -0.2) is 23.2 Å². The Hall–Kier alpha value is -2.77. The number of nitrogens with zero attached hydrogens (tertiary/aromatic N) is 2. The van der Waals surface area contributed by atoms with Gasteiger partial charge in [0.2, 0.25) is 15.0 Å². The third kappa shape index (κ3) is 4.37. The van der Waals surface area contributed by atoms with Crippen LogP contribution in [-0.4, -0.2) is 24.4 Å². The lowest BCUT2D eigenvalue weighted by molar-refractivity contribution is 0.0726. The summed E-state index contributed by atoms with van der Waals surface area (Å²) in [5.41, 5.74) is 2.02. The minimum absolute atomic E-state index is 0.0889. The number of ether oxygens (including phenoxy) is 1. The van der Waals surface area contributed by atoms with Gasteiger partial charge in [0, 0.05) is 0 Å². The zero-order valence-electron chi connectivity index (χ0n) is 15.2. The Bertz CT molecular complexity index is 1130. The molecule has 3 rings (SSSR count). The van der Waals surface area contributed by atoms with E-state index in [4.69, 9.17) is 16.3 Å². The Morgan fingerprint density at radius 2 is 1.79 bits per heavy atom. The molecular weight excluding hydrogens is 400 g/mol. The quantitative estimate of drug-likeness (QED) is 0.355. The van der Waals surface area contributed by atoms with Crippen molar-refractivity contribution in [2.75, 3.05) is 0 Å². The van der Waals surface area contributed by atoms with Gasteiger partial charge in [-0.05, 0) is 36.6 Å². The van der Waals surface area contributed by atoms with Crippen molar-refractivity contribution >= 4 is 27.4 Å². The van der Waals surface area contributed by atoms with Crippen LogP contribution in [0.2, 0.25) is 5.02 Å². The number of sulfone groups is 1. The number of aromatic nitrogens is 2. The van der Waals surface area contributed by atoms with Crippen LogP contribution in [0.4, 0.5) is 0 Å². The van der Waals surface area contributed by atoms with Gasteiger partial charge < -0.3 is 4.74 Å². The Morgan fingerprint density at radius 3 is 2.50 bits per heavy atom. The zero-order chi connectivity index (χ0) is 20.3. The fourth-order valence-electron chi connectivity index (χ4n) is 2.49. The van der Waals surface area contributed by atoms with Gasteiger partial charge in [0.25, 0.3) is 0 Å². The summed E-state index contributed by atoms with van der Waals surface area (Å²) in [4.78, 5) is 20.2. The average Bonchev–Trinajstić information content (AvgIpc) is 2.66. The minimum Gasteiger partial charge on any atom is -0.421 e. The highest BCUT2D eigenvalue weighted by atomic mass is 35.5. The van der Waals surface area contributed by atoms with E-state index < -0.39 is 21.0 Å². The summed E-state index contributed by atoms with van der Waals surface area (Å²) in [6, 6.07) is 13.9. The van der Waals surface area contributed by atoms with Crippen LogP contribution in [0.5, 0.6) is 5.75 Å². The molecule has 0 unspecified atom stereocenters. The van der Waals surface area contributed by atoms with Crippen molar-refractivity contribution in [3.05, 3.63) is 82.1 Å². The molecule has 3 aromatic rings. The zero-order valence-corrected chi connectivity index (χ0v) is 16.8. The van der Waals surface area contributed by atoms with Crippen molar-refractivity contribution < 1.29 is 17.9 Å². The normalized spacial score (nSPS) is 11.2. The van der Waals surface area contributed by atoms with E-state index in [0.717, 1.165) is 17.3 Å². The lowest BCUT2D eigenvalue weighted by Crippen LogP contribution is -2.17. The molecule has 1 aromatic heterocycles. The van der Waals surface area contributed by atoms with Crippen LogP contribution in [0, 0.1) is 13.8 Å². The van der Waals surface area contributed by atoms with E-state index in [1.54, 1.807) is 42.5 Å². The van der Waals surface area contributed by atoms with Crippen LogP contribution < -0.4 is 4.74 Å². The van der Waals surface area contributed by atoms with E-state index in [9.17, 15) is 13.2 Å². The molecule has 0 saturated heterocycles. The summed E-state index contributed by atoms with van der Waals surface area (Å²) in [5, 5.41) is -0.567. The largest absolute Gasteiger partial charge is 0.421 e. The SMILES string of the molecule is Cc1cccc(OC(=O)c2nc(S(=O)(=O)Cc3ccccc3)ncc2Cl)c1C. The van der Waals surface area contributed by atoms with Crippen LogP contribution in [0.3, 0.4) is 0 Å². The van der Waals surface area contributed by atoms with E-state index in [0.29, 0.717) is 11.3 Å². The Kier molecular flexibility index (Phi) is 5.76. The number of esters is 1. The van der Waals surface area contributed by atoms with Gasteiger partial charge in [0.1, 0.15) is 5.75 Å². The van der Waals surface area contributed by atoms with Crippen LogP contribution in [0.15, 0.2) is 59.9 Å². The molecular formula is C20H17ClN2O4S. The third-order valence-electron chi connectivity index (χ3n) is 4.15. The highest BCUT2D eigenvalue weighted by Crippen LogP contribution is 2.23. The Balaban J connectivity index is 1.90. The predicted octanol–water partition coefficient (Wildman–Crippen LogP) is 3.94. The molecule has 0 fully saturated rings. The number of carbonyl (C=O) groups excluding carboxylic acids is 1. The van der Waals surface area contributed by atoms with E-state index in [1.807, 2.05) is 19.9 Å². The number of hydrogen-bond acceptors (Lipinski definition) is 6. The maximum absolute atomic E-state index is 12.6. The molecule has 144 valence electrons. The smallest absolute Gasteiger partial charge is 0.364 e. The molecule has 8 heteroatoms. The van der Waals surface area contributed by atoms with E-state index in [2.05, 4.69) is 9.97 Å². The second kappa shape index (κ2) is 8.08. The van der Waals surface area contributed by atoms with Crippen molar-refractivity contribution in [2.45, 2.75) is 24.8 Å². The number of benzene rings is 2. The number of rotatable bonds is 5. The molecule has 2 aromatic carbocycles. The standard InChI is InChI=1S/C20H17ClN2O4S/c1-13-7-6-10-17(14(13)2)27-19(24)18-16(21)11-22-20(23-18)28(25,26)12-15-8-4-3-5-9-15/h3-11H,12H2,1-2H3. The molecule has 0 N–H and O–H groups in total. The summed E-state index contributed by atoms with van der Waals surface area (Å²) in [6.45, 7) is 3.70. The van der Waals surface area contributed by atoms with Gasteiger partial charge in [-0.3, -0.25) is 0 Å². The Labute approximate surface area is 168 Å². The van der Waals surface area contributed by atoms with E-state index >= 15 is 0 Å². The number of halogens is 1. The summed E-state index contributed by atoms with van der Waals surface area (Å²) in [7, 11) is -3.86. The van der Waals surface area contributed by atoms with Gasteiger partial charge in [-0.15, -0.1) is 0 Å². The number of hydrogen-bond donors (Lipinski definition) is 0. The second-order valence-corrected chi connectivity index (χ2v) is 8.47. The molecule has 0 aliphatic carbocycles. The molecule has 0 spiro atoms. The second-order valence-electron chi connectivity index (χ2n) is 6.18. The summed E-state index contributed by atoms with van der Waals surface area (Å²) in [5.74, 6) is -0.786. The first-order valence-electron chi connectivity index (χ1n) is 8.35. The third-order valence-corrected chi connectivity index (χ3v) is 5.89. The predicted molar refractivity (Wildman–Crippen MR) is 105 cm³/mol. The van der Waals surface area contributed by atoms with Crippen LogP contribution in [-0.2, 0) is 15.6 Å². The lowest BCUT2D eigenvalue weighted by Gasteiger charge is -2.10. The topological polar surface area (TPSA) is 86.2 Å². The van der Waals surface area contributed by atoms with Crippen LogP contribution in [0.25, 0.3) is 0 Å². The van der Waals surface area contributed by atoms with Crippen molar-refractivity contribution in [3.63, 3.8) is 0 Å². The van der Waals surface area contributed by atoms with E-state index in [1.165, 1.54) is 0 Å². The fraction of sp³-hybridized carbons (Fsp3) is 0.150. The molecule has 0 aliphatic rings. The first-order valence-corrected chi connectivity index (χ1v) is 10.4. The Morgan fingerprint density at radius 1 is 1.07 bits per heavy atom. The van der Waals surface area contributed by atoms with Crippen molar-refractivity contribution in [2.24, 2.45) is 0 Å². The number of carbonyl (C=O) groups is 1. The molecule has 6 nitrogen and oxygen atoms in total. The van der Waals surface area contributed by atoms with Gasteiger partial charge in [0.15, 0.2) is 5.69 Å². The molecule has 0 aliphatic heterocycles. The molecule has 0 saturated carbocycles.